The Kier molecular flexibility index (Phi) is 4.01. The highest BCUT2D eigenvalue weighted by Gasteiger charge is 2.24. The third kappa shape index (κ3) is 3.13. The van der Waals surface area contributed by atoms with Gasteiger partial charge in [0, 0.05) is 6.54 Å². The lowest BCUT2D eigenvalue weighted by Gasteiger charge is -2.27. The second-order valence-electron chi connectivity index (χ2n) is 4.85. The lowest BCUT2D eigenvalue weighted by atomic mass is 10.0. The molecule has 0 saturated heterocycles. The molecule has 1 amide bonds. The van der Waals surface area contributed by atoms with Gasteiger partial charge >= 0.3 is 6.09 Å². The van der Waals surface area contributed by atoms with Crippen molar-refractivity contribution in [3.05, 3.63) is 58.4 Å². The highest BCUT2D eigenvalue weighted by molar-refractivity contribution is 6.30. The first-order valence-corrected chi connectivity index (χ1v) is 7.06. The number of carbonyl (C=O) groups is 1. The molecule has 1 aromatic carbocycles. The number of halogens is 1. The van der Waals surface area contributed by atoms with Gasteiger partial charge in [0.1, 0.15) is 6.61 Å². The van der Waals surface area contributed by atoms with Gasteiger partial charge in [0.05, 0.1) is 12.7 Å². The zero-order chi connectivity index (χ0) is 14.7. The molecule has 1 aliphatic heterocycles. The van der Waals surface area contributed by atoms with Crippen LogP contribution in [0.2, 0.25) is 5.15 Å². The summed E-state index contributed by atoms with van der Waals surface area (Å²) in [6.45, 7) is 1.31. The molecule has 5 nitrogen and oxygen atoms in total. The number of carbonyl (C=O) groups excluding carboxylic acids is 1. The van der Waals surface area contributed by atoms with Crippen LogP contribution in [-0.4, -0.2) is 27.7 Å². The largest absolute Gasteiger partial charge is 0.445 e. The molecule has 0 spiro atoms. The zero-order valence-electron chi connectivity index (χ0n) is 11.3. The zero-order valence-corrected chi connectivity index (χ0v) is 12.1. The van der Waals surface area contributed by atoms with Crippen LogP contribution in [0.4, 0.5) is 4.79 Å². The molecule has 108 valence electrons. The van der Waals surface area contributed by atoms with Crippen molar-refractivity contribution in [3.8, 4) is 0 Å². The topological polar surface area (TPSA) is 55.3 Å². The van der Waals surface area contributed by atoms with Crippen molar-refractivity contribution in [1.29, 1.82) is 0 Å². The lowest BCUT2D eigenvalue weighted by Crippen LogP contribution is -2.36. The van der Waals surface area contributed by atoms with E-state index < -0.39 is 0 Å². The minimum absolute atomic E-state index is 0.276. The van der Waals surface area contributed by atoms with Crippen molar-refractivity contribution < 1.29 is 9.53 Å². The maximum atomic E-state index is 12.1. The van der Waals surface area contributed by atoms with Crippen LogP contribution in [0.1, 0.15) is 16.7 Å². The Morgan fingerprint density at radius 3 is 2.95 bits per heavy atom. The quantitative estimate of drug-likeness (QED) is 0.856. The highest BCUT2D eigenvalue weighted by Crippen LogP contribution is 2.23. The maximum absolute atomic E-state index is 12.1. The van der Waals surface area contributed by atoms with Gasteiger partial charge < -0.3 is 9.64 Å². The van der Waals surface area contributed by atoms with Crippen LogP contribution in [0.5, 0.6) is 0 Å². The van der Waals surface area contributed by atoms with Gasteiger partial charge in [0.25, 0.3) is 0 Å². The molecule has 0 N–H and O–H groups in total. The number of ether oxygens (including phenoxy) is 1. The third-order valence-electron chi connectivity index (χ3n) is 3.45. The SMILES string of the molecule is O=C(OCc1ccccc1)N1CCc2c(cnnc2Cl)C1. The molecule has 0 bridgehead atoms. The van der Waals surface area contributed by atoms with Crippen molar-refractivity contribution >= 4 is 17.7 Å². The molecular weight excluding hydrogens is 290 g/mol. The summed E-state index contributed by atoms with van der Waals surface area (Å²) in [5, 5.41) is 8.06. The van der Waals surface area contributed by atoms with E-state index in [-0.39, 0.29) is 12.7 Å². The fourth-order valence-corrected chi connectivity index (χ4v) is 2.58. The van der Waals surface area contributed by atoms with Crippen molar-refractivity contribution in [1.82, 2.24) is 15.1 Å². The summed E-state index contributed by atoms with van der Waals surface area (Å²) in [6.07, 6.45) is 2.00. The van der Waals surface area contributed by atoms with Crippen LogP contribution < -0.4 is 0 Å². The van der Waals surface area contributed by atoms with Gasteiger partial charge in [-0.2, -0.15) is 5.10 Å². The monoisotopic (exact) mass is 303 g/mol. The maximum Gasteiger partial charge on any atom is 0.410 e. The fourth-order valence-electron chi connectivity index (χ4n) is 2.32. The van der Waals surface area contributed by atoms with Crippen LogP contribution in [0, 0.1) is 0 Å². The molecule has 0 fully saturated rings. The van der Waals surface area contributed by atoms with E-state index in [9.17, 15) is 4.79 Å². The minimum Gasteiger partial charge on any atom is -0.445 e. The number of rotatable bonds is 2. The summed E-state index contributed by atoms with van der Waals surface area (Å²) < 4.78 is 5.33. The standard InChI is InChI=1S/C15H14ClN3O2/c16-14-13-6-7-19(9-12(13)8-17-18-14)15(20)21-10-11-4-2-1-3-5-11/h1-5,8H,6-7,9-10H2. The second-order valence-corrected chi connectivity index (χ2v) is 5.21. The van der Waals surface area contributed by atoms with Crippen molar-refractivity contribution in [2.75, 3.05) is 6.54 Å². The Labute approximate surface area is 127 Å². The molecule has 6 heteroatoms. The average molecular weight is 304 g/mol. The van der Waals surface area contributed by atoms with Crippen LogP contribution in [0.3, 0.4) is 0 Å². The summed E-state index contributed by atoms with van der Waals surface area (Å²) in [6, 6.07) is 9.61. The molecule has 0 atom stereocenters. The third-order valence-corrected chi connectivity index (χ3v) is 3.76. The molecule has 1 aliphatic rings. The summed E-state index contributed by atoms with van der Waals surface area (Å²) in [5.41, 5.74) is 2.87. The first-order chi connectivity index (χ1) is 10.2. The first-order valence-electron chi connectivity index (χ1n) is 6.68. The van der Waals surface area contributed by atoms with Gasteiger partial charge in [-0.3, -0.25) is 0 Å². The van der Waals surface area contributed by atoms with Gasteiger partial charge in [-0.25, -0.2) is 4.79 Å². The number of hydrogen-bond donors (Lipinski definition) is 0. The van der Waals surface area contributed by atoms with E-state index >= 15 is 0 Å². The highest BCUT2D eigenvalue weighted by atomic mass is 35.5. The van der Waals surface area contributed by atoms with E-state index in [0.29, 0.717) is 24.7 Å². The van der Waals surface area contributed by atoms with Gasteiger partial charge in [0.15, 0.2) is 5.15 Å². The number of aromatic nitrogens is 2. The Balaban J connectivity index is 1.62. The van der Waals surface area contributed by atoms with E-state index in [1.807, 2.05) is 30.3 Å². The molecule has 2 heterocycles. The van der Waals surface area contributed by atoms with Crippen molar-refractivity contribution in [2.24, 2.45) is 0 Å². The Morgan fingerprint density at radius 2 is 2.14 bits per heavy atom. The minimum atomic E-state index is -0.322. The van der Waals surface area contributed by atoms with Gasteiger partial charge in [-0.15, -0.1) is 5.10 Å². The molecular formula is C15H14ClN3O2. The molecule has 3 rings (SSSR count). The number of fused-ring (bicyclic) bond motifs is 1. The molecule has 0 unspecified atom stereocenters. The second kappa shape index (κ2) is 6.10. The summed E-state index contributed by atoms with van der Waals surface area (Å²) in [7, 11) is 0. The van der Waals surface area contributed by atoms with Crippen molar-refractivity contribution in [2.45, 2.75) is 19.6 Å². The Hall–Kier alpha value is -2.14. The molecule has 1 aromatic heterocycles. The van der Waals surface area contributed by atoms with E-state index in [1.165, 1.54) is 0 Å². The molecule has 0 radical (unpaired) electrons. The van der Waals surface area contributed by atoms with Gasteiger partial charge in [0.2, 0.25) is 0 Å². The average Bonchev–Trinajstić information content (AvgIpc) is 2.53. The number of hydrogen-bond acceptors (Lipinski definition) is 4. The molecule has 21 heavy (non-hydrogen) atoms. The van der Waals surface area contributed by atoms with E-state index in [1.54, 1.807) is 11.1 Å². The molecule has 0 aliphatic carbocycles. The van der Waals surface area contributed by atoms with Crippen LogP contribution in [-0.2, 0) is 24.3 Å². The fraction of sp³-hybridized carbons (Fsp3) is 0.267. The van der Waals surface area contributed by atoms with Crippen LogP contribution >= 0.6 is 11.6 Å². The van der Waals surface area contributed by atoms with Gasteiger partial charge in [-0.05, 0) is 23.1 Å². The predicted octanol–water partition coefficient (Wildman–Crippen LogP) is 2.82. The van der Waals surface area contributed by atoms with E-state index in [0.717, 1.165) is 16.7 Å². The Bertz CT molecular complexity index is 649. The normalized spacial score (nSPS) is 13.7. The number of nitrogens with zero attached hydrogens (tertiary/aromatic N) is 3. The van der Waals surface area contributed by atoms with Gasteiger partial charge in [-0.1, -0.05) is 41.9 Å². The summed E-state index contributed by atoms with van der Waals surface area (Å²) >= 11 is 6.00. The Morgan fingerprint density at radius 1 is 1.33 bits per heavy atom. The number of amides is 1. The lowest BCUT2D eigenvalue weighted by molar-refractivity contribution is 0.0917. The van der Waals surface area contributed by atoms with E-state index in [4.69, 9.17) is 16.3 Å². The summed E-state index contributed by atoms with van der Waals surface area (Å²) in [5.74, 6) is 0. The van der Waals surface area contributed by atoms with Crippen LogP contribution in [0.15, 0.2) is 36.5 Å². The van der Waals surface area contributed by atoms with Crippen molar-refractivity contribution in [3.63, 3.8) is 0 Å². The molecule has 2 aromatic rings. The van der Waals surface area contributed by atoms with Crippen LogP contribution in [0.25, 0.3) is 0 Å². The molecule has 0 saturated carbocycles. The summed E-state index contributed by atoms with van der Waals surface area (Å²) in [4.78, 5) is 13.8. The predicted molar refractivity (Wildman–Crippen MR) is 77.8 cm³/mol. The number of benzene rings is 1. The first kappa shape index (κ1) is 13.8. The van der Waals surface area contributed by atoms with E-state index in [2.05, 4.69) is 10.2 Å². The smallest absolute Gasteiger partial charge is 0.410 e.